The summed E-state index contributed by atoms with van der Waals surface area (Å²) in [6.45, 7) is 11.3. The van der Waals surface area contributed by atoms with E-state index in [1.54, 1.807) is 0 Å². The van der Waals surface area contributed by atoms with Crippen LogP contribution < -0.4 is 10.6 Å². The number of ether oxygens (including phenoxy) is 1. The van der Waals surface area contributed by atoms with E-state index in [0.717, 1.165) is 0 Å². The Hall–Kier alpha value is -1.30. The fourth-order valence-corrected chi connectivity index (χ4v) is 1.51. The van der Waals surface area contributed by atoms with Gasteiger partial charge in [-0.3, -0.25) is 4.79 Å². The molecule has 1 atom stereocenters. The van der Waals surface area contributed by atoms with Crippen molar-refractivity contribution in [3.63, 3.8) is 0 Å². The summed E-state index contributed by atoms with van der Waals surface area (Å²) in [4.78, 5) is 22.5. The number of hydrogen-bond acceptors (Lipinski definition) is 3. The van der Waals surface area contributed by atoms with Gasteiger partial charge in [0.1, 0.15) is 0 Å². The summed E-state index contributed by atoms with van der Waals surface area (Å²) < 4.78 is 5.35. The summed E-state index contributed by atoms with van der Waals surface area (Å²) in [6, 6.07) is -0.782. The number of carboxylic acids is 1. The minimum Gasteiger partial charge on any atom is -0.481 e. The van der Waals surface area contributed by atoms with Crippen molar-refractivity contribution in [2.24, 2.45) is 11.3 Å². The summed E-state index contributed by atoms with van der Waals surface area (Å²) in [5.41, 5.74) is -0.316. The van der Waals surface area contributed by atoms with Crippen molar-refractivity contribution in [3.05, 3.63) is 0 Å². The quantitative estimate of drug-likeness (QED) is 0.595. The number of nitrogens with one attached hydrogen (secondary N) is 2. The van der Waals surface area contributed by atoms with E-state index < -0.39 is 12.0 Å². The molecule has 6 heteroatoms. The lowest BCUT2D eigenvalue weighted by atomic mass is 9.85. The molecule has 0 fully saturated rings. The summed E-state index contributed by atoms with van der Waals surface area (Å²) in [5.74, 6) is -0.463. The smallest absolute Gasteiger partial charge is 0.315 e. The number of hydrogen-bond donors (Lipinski definition) is 3. The van der Waals surface area contributed by atoms with E-state index in [0.29, 0.717) is 25.7 Å². The van der Waals surface area contributed by atoms with Gasteiger partial charge in [-0.25, -0.2) is 4.79 Å². The summed E-state index contributed by atoms with van der Waals surface area (Å²) >= 11 is 0. The first kappa shape index (κ1) is 18.7. The van der Waals surface area contributed by atoms with E-state index in [1.807, 2.05) is 20.8 Å². The van der Waals surface area contributed by atoms with Crippen LogP contribution in [-0.4, -0.2) is 42.9 Å². The number of amides is 2. The molecule has 0 aliphatic heterocycles. The van der Waals surface area contributed by atoms with Crippen molar-refractivity contribution >= 4 is 12.0 Å². The molecule has 0 aliphatic rings. The molecule has 0 aromatic carbocycles. The molecule has 0 saturated carbocycles. The van der Waals surface area contributed by atoms with Crippen LogP contribution in [0.4, 0.5) is 4.79 Å². The van der Waals surface area contributed by atoms with Gasteiger partial charge >= 0.3 is 12.0 Å². The molecule has 0 bridgehead atoms. The lowest BCUT2D eigenvalue weighted by Gasteiger charge is -2.30. The number of carbonyl (C=O) groups is 2. The number of urea groups is 1. The third kappa shape index (κ3) is 9.61. The van der Waals surface area contributed by atoms with Crippen LogP contribution in [0.1, 0.15) is 41.0 Å². The second-order valence-corrected chi connectivity index (χ2v) is 6.39. The Labute approximate surface area is 121 Å². The number of aliphatic carboxylic acids is 1. The zero-order valence-electron chi connectivity index (χ0n) is 13.2. The van der Waals surface area contributed by atoms with Crippen LogP contribution in [0.5, 0.6) is 0 Å². The molecule has 6 nitrogen and oxygen atoms in total. The molecule has 2 amide bonds. The number of carbonyl (C=O) groups excluding carboxylic acids is 1. The first-order valence-corrected chi connectivity index (χ1v) is 6.96. The normalized spacial score (nSPS) is 13.1. The zero-order valence-corrected chi connectivity index (χ0v) is 13.2. The fraction of sp³-hybridized carbons (Fsp3) is 0.857. The minimum atomic E-state index is -0.925. The van der Waals surface area contributed by atoms with Gasteiger partial charge in [-0.1, -0.05) is 34.6 Å². The summed E-state index contributed by atoms with van der Waals surface area (Å²) in [7, 11) is 0. The number of carboxylic acid groups (broad SMARTS) is 1. The molecule has 3 N–H and O–H groups in total. The molecule has 0 aromatic rings. The topological polar surface area (TPSA) is 87.7 Å². The Balaban J connectivity index is 4.05. The van der Waals surface area contributed by atoms with Crippen LogP contribution in [-0.2, 0) is 9.53 Å². The SMILES string of the molecule is CC(C)COCCNC(=O)NC(CC(=O)O)C(C)(C)C. The second-order valence-electron chi connectivity index (χ2n) is 6.39. The van der Waals surface area contributed by atoms with Crippen molar-refractivity contribution in [1.29, 1.82) is 0 Å². The molecular formula is C14H28N2O4. The highest BCUT2D eigenvalue weighted by Crippen LogP contribution is 2.21. The average molecular weight is 288 g/mol. The average Bonchev–Trinajstić information content (AvgIpc) is 2.25. The van der Waals surface area contributed by atoms with Crippen molar-refractivity contribution in [3.8, 4) is 0 Å². The van der Waals surface area contributed by atoms with Gasteiger partial charge < -0.3 is 20.5 Å². The van der Waals surface area contributed by atoms with Crippen molar-refractivity contribution < 1.29 is 19.4 Å². The van der Waals surface area contributed by atoms with Crippen molar-refractivity contribution in [2.45, 2.75) is 47.1 Å². The molecule has 0 spiro atoms. The maximum Gasteiger partial charge on any atom is 0.315 e. The van der Waals surface area contributed by atoms with Crippen LogP contribution >= 0.6 is 0 Å². The summed E-state index contributed by atoms with van der Waals surface area (Å²) in [6.07, 6.45) is -0.0965. The second kappa shape index (κ2) is 8.79. The van der Waals surface area contributed by atoms with Gasteiger partial charge in [0.15, 0.2) is 0 Å². The van der Waals surface area contributed by atoms with Gasteiger partial charge in [-0.05, 0) is 11.3 Å². The molecule has 1 unspecified atom stereocenters. The monoisotopic (exact) mass is 288 g/mol. The van der Waals surface area contributed by atoms with Gasteiger partial charge in [0.2, 0.25) is 0 Å². The lowest BCUT2D eigenvalue weighted by molar-refractivity contribution is -0.138. The third-order valence-corrected chi connectivity index (χ3v) is 2.71. The van der Waals surface area contributed by atoms with Crippen LogP contribution in [0.2, 0.25) is 0 Å². The van der Waals surface area contributed by atoms with Crippen LogP contribution in [0.25, 0.3) is 0 Å². The van der Waals surface area contributed by atoms with Crippen LogP contribution in [0, 0.1) is 11.3 Å². The predicted octanol–water partition coefficient (Wildman–Crippen LogP) is 1.85. The highest BCUT2D eigenvalue weighted by molar-refractivity contribution is 5.75. The Morgan fingerprint density at radius 1 is 1.25 bits per heavy atom. The highest BCUT2D eigenvalue weighted by atomic mass is 16.5. The first-order chi connectivity index (χ1) is 9.12. The number of rotatable bonds is 8. The van der Waals surface area contributed by atoms with Gasteiger partial charge in [-0.15, -0.1) is 0 Å². The van der Waals surface area contributed by atoms with E-state index >= 15 is 0 Å². The van der Waals surface area contributed by atoms with Gasteiger partial charge in [0.05, 0.1) is 13.0 Å². The minimum absolute atomic E-state index is 0.0965. The van der Waals surface area contributed by atoms with E-state index in [-0.39, 0.29) is 17.9 Å². The van der Waals surface area contributed by atoms with Crippen molar-refractivity contribution in [2.75, 3.05) is 19.8 Å². The predicted molar refractivity (Wildman–Crippen MR) is 77.7 cm³/mol. The Morgan fingerprint density at radius 2 is 1.85 bits per heavy atom. The molecule has 0 aromatic heterocycles. The largest absolute Gasteiger partial charge is 0.481 e. The molecular weight excluding hydrogens is 260 g/mol. The summed E-state index contributed by atoms with van der Waals surface area (Å²) in [5, 5.41) is 14.2. The van der Waals surface area contributed by atoms with Gasteiger partial charge in [-0.2, -0.15) is 0 Å². The van der Waals surface area contributed by atoms with E-state index in [1.165, 1.54) is 0 Å². The molecule has 0 aliphatic carbocycles. The molecule has 0 heterocycles. The maximum atomic E-state index is 11.7. The molecule has 118 valence electrons. The van der Waals surface area contributed by atoms with E-state index in [4.69, 9.17) is 9.84 Å². The van der Waals surface area contributed by atoms with E-state index in [2.05, 4.69) is 24.5 Å². The zero-order chi connectivity index (χ0) is 15.8. The van der Waals surface area contributed by atoms with E-state index in [9.17, 15) is 9.59 Å². The Morgan fingerprint density at radius 3 is 2.30 bits per heavy atom. The maximum absolute atomic E-state index is 11.7. The lowest BCUT2D eigenvalue weighted by Crippen LogP contribution is -2.49. The molecule has 0 rings (SSSR count). The highest BCUT2D eigenvalue weighted by Gasteiger charge is 2.28. The third-order valence-electron chi connectivity index (χ3n) is 2.71. The fourth-order valence-electron chi connectivity index (χ4n) is 1.51. The Kier molecular flexibility index (Phi) is 8.22. The molecule has 0 saturated heterocycles. The molecule has 0 radical (unpaired) electrons. The van der Waals surface area contributed by atoms with Crippen molar-refractivity contribution in [1.82, 2.24) is 10.6 Å². The van der Waals surface area contributed by atoms with Crippen LogP contribution in [0.3, 0.4) is 0 Å². The van der Waals surface area contributed by atoms with Crippen LogP contribution in [0.15, 0.2) is 0 Å². The standard InChI is InChI=1S/C14H28N2O4/c1-10(2)9-20-7-6-15-13(19)16-11(8-12(17)18)14(3,4)5/h10-11H,6-9H2,1-5H3,(H,17,18)(H2,15,16,19). The van der Waals surface area contributed by atoms with Gasteiger partial charge in [0.25, 0.3) is 0 Å². The molecule has 20 heavy (non-hydrogen) atoms. The Bertz CT molecular complexity index is 311. The first-order valence-electron chi connectivity index (χ1n) is 6.96. The van der Waals surface area contributed by atoms with Gasteiger partial charge in [0, 0.05) is 19.2 Å².